The Balaban J connectivity index is 1.19. The summed E-state index contributed by atoms with van der Waals surface area (Å²) in [6.07, 6.45) is 3.32. The van der Waals surface area contributed by atoms with Crippen LogP contribution in [0, 0.1) is 13.8 Å². The fourth-order valence-electron chi connectivity index (χ4n) is 27.6. The summed E-state index contributed by atoms with van der Waals surface area (Å²) in [7, 11) is -3.31. The van der Waals surface area contributed by atoms with E-state index in [2.05, 4.69) is 143 Å². The molecular weight excluding hydrogens is 654 g/mol. The van der Waals surface area contributed by atoms with Gasteiger partial charge in [-0.3, -0.25) is 0 Å². The van der Waals surface area contributed by atoms with Gasteiger partial charge in [-0.1, -0.05) is 0 Å². The van der Waals surface area contributed by atoms with Crippen molar-refractivity contribution < 1.29 is 6.51 Å². The molecule has 0 amide bonds. The maximum absolute atomic E-state index is 4.19. The van der Waals surface area contributed by atoms with Crippen LogP contribution >= 0.6 is 15.8 Å². The summed E-state index contributed by atoms with van der Waals surface area (Å²) in [5.74, 6) is 0. The van der Waals surface area contributed by atoms with Gasteiger partial charge in [-0.25, -0.2) is 0 Å². The van der Waals surface area contributed by atoms with E-state index in [9.17, 15) is 0 Å². The van der Waals surface area contributed by atoms with Gasteiger partial charge in [0, 0.05) is 0 Å². The minimum atomic E-state index is -4.19. The van der Waals surface area contributed by atoms with Gasteiger partial charge in [0.05, 0.1) is 0 Å². The van der Waals surface area contributed by atoms with Gasteiger partial charge in [0.25, 0.3) is 0 Å². The Labute approximate surface area is 269 Å². The zero-order valence-corrected chi connectivity index (χ0v) is 35.6. The van der Waals surface area contributed by atoms with E-state index in [4.69, 9.17) is 0 Å². The Morgan fingerprint density at radius 1 is 0.644 bits per heavy atom. The van der Waals surface area contributed by atoms with Crippen LogP contribution in [0.4, 0.5) is 0 Å². The molecule has 0 aliphatic carbocycles. The van der Waals surface area contributed by atoms with Crippen LogP contribution in [0.25, 0.3) is 0 Å². The number of rotatable bonds is 8. The normalized spacial score (nSPS) is 59.2. The molecule has 10 aliphatic heterocycles. The van der Waals surface area contributed by atoms with E-state index in [1.165, 1.54) is 28.9 Å². The van der Waals surface area contributed by atoms with E-state index in [-0.39, 0.29) is 15.8 Å². The molecule has 2 aromatic rings. The molecule has 0 N–H and O–H groups in total. The van der Waals surface area contributed by atoms with E-state index in [0.29, 0.717) is 10.3 Å². The SMILES string of the molecule is Cc1ccccc1P(C[C]12[CH]3[C]4([Si](C)(C)C)[C]5([Si](C)(C)C)[C]1(CP(C(C)(C)C)C(C)(C)C)[Fe]32451678[CH]2[CH]1[CH]6[CH]7[CH]28)c1ccccc1C. The summed E-state index contributed by atoms with van der Waals surface area (Å²) in [5.41, 5.74) is 3.14. The molecule has 12 rings (SSSR count). The van der Waals surface area contributed by atoms with Gasteiger partial charge < -0.3 is 0 Å². The summed E-state index contributed by atoms with van der Waals surface area (Å²) >= 11 is 0. The number of fused-ring (bicyclic) bond motifs is 10. The number of aryl methyl sites for hydroxylation is 2. The van der Waals surface area contributed by atoms with Gasteiger partial charge in [-0.15, -0.1) is 0 Å². The van der Waals surface area contributed by atoms with Gasteiger partial charge in [0.1, 0.15) is 0 Å². The quantitative estimate of drug-likeness (QED) is 0.189. The summed E-state index contributed by atoms with van der Waals surface area (Å²) in [4.78, 5) is 7.96. The fourth-order valence-corrected chi connectivity index (χ4v) is 177. The fraction of sp³-hybridized carbons (Fsp3) is 0.700. The van der Waals surface area contributed by atoms with Crippen LogP contribution in [0.5, 0.6) is 0 Å². The Kier molecular flexibility index (Phi) is 2.66. The second kappa shape index (κ2) is 4.27. The Bertz CT molecular complexity index is 2150. The average molecular weight is 715 g/mol. The van der Waals surface area contributed by atoms with E-state index in [1.807, 2.05) is 0 Å². The second-order valence-electron chi connectivity index (χ2n) is 23.8. The van der Waals surface area contributed by atoms with Crippen molar-refractivity contribution in [3.8, 4) is 0 Å². The molecule has 10 fully saturated rings. The molecule has 0 bridgehead atoms. The minimum absolute atomic E-state index is 0.0840. The first-order valence-corrected chi connectivity index (χ1v) is 34.4. The van der Waals surface area contributed by atoms with Crippen LogP contribution in [0.3, 0.4) is 0 Å². The molecule has 2 aromatic carbocycles. The van der Waals surface area contributed by atoms with Crippen LogP contribution in [-0.4, -0.2) is 38.8 Å². The van der Waals surface area contributed by atoms with Crippen molar-refractivity contribution in [2.75, 3.05) is 12.3 Å². The van der Waals surface area contributed by atoms with Crippen LogP contribution in [0.15, 0.2) is 48.5 Å². The predicted octanol–water partition coefficient (Wildman–Crippen LogP) is 12.4. The van der Waals surface area contributed by atoms with Crippen LogP contribution in [0.1, 0.15) is 52.7 Å². The Hall–Kier alpha value is 0.253. The van der Waals surface area contributed by atoms with Crippen LogP contribution < -0.4 is 10.6 Å². The third-order valence-electron chi connectivity index (χ3n) is 23.1. The molecule has 5 unspecified atom stereocenters. The summed E-state index contributed by atoms with van der Waals surface area (Å²) in [6, 6.07) is 19.4. The second-order valence-corrected chi connectivity index (χ2v) is 64.0. The standard InChI is InChI=1S/C35H55P2Si2.C5H5.Fe/c1-26-19-15-17-21-30(26)36(31-22-18-16-20-27(31)2)24-28-23-32(38(9,10)11)33(39(12,13)14)29(28)25-37(34(3,4)5)35(6,7)8;1-2-4-5-3-1;/h15-23H,24-25H2,1-14H3;1-5H;. The van der Waals surface area contributed by atoms with Crippen molar-refractivity contribution in [2.24, 2.45) is 0 Å². The molecule has 10 aliphatic rings. The first-order chi connectivity index (χ1) is 20.4. The molecule has 0 saturated carbocycles. The van der Waals surface area contributed by atoms with E-state index < -0.39 is 22.7 Å². The van der Waals surface area contributed by atoms with Gasteiger partial charge >= 0.3 is 271 Å². The third kappa shape index (κ3) is 0.747. The molecule has 45 heavy (non-hydrogen) atoms. The zero-order valence-electron chi connectivity index (χ0n) is 30.7. The summed E-state index contributed by atoms with van der Waals surface area (Å²) < 4.78 is 3.56. The van der Waals surface area contributed by atoms with Crippen molar-refractivity contribution >= 4 is 42.6 Å². The Morgan fingerprint density at radius 3 is 1.40 bits per heavy atom. The zero-order chi connectivity index (χ0) is 32.3. The van der Waals surface area contributed by atoms with Crippen molar-refractivity contribution in [3.05, 3.63) is 59.7 Å². The third-order valence-corrected chi connectivity index (χ3v) is 94.0. The molecule has 0 nitrogen and oxygen atoms in total. The molecule has 10 saturated heterocycles. The topological polar surface area (TPSA) is 0 Å². The van der Waals surface area contributed by atoms with Gasteiger partial charge in [0.15, 0.2) is 0 Å². The van der Waals surface area contributed by atoms with Gasteiger partial charge in [0.2, 0.25) is 0 Å². The summed E-state index contributed by atoms with van der Waals surface area (Å²) in [5, 5.41) is 4.34. The summed E-state index contributed by atoms with van der Waals surface area (Å²) in [6.45, 7) is 34.5. The van der Waals surface area contributed by atoms with Crippen LogP contribution in [-0.2, 0) is 6.51 Å². The molecule has 5 heteroatoms. The number of hydrogen-bond donors (Lipinski definition) is 0. The van der Waals surface area contributed by atoms with Crippen molar-refractivity contribution in [1.29, 1.82) is 0 Å². The van der Waals surface area contributed by atoms with Crippen molar-refractivity contribution in [2.45, 2.75) is 150 Å². The maximum atomic E-state index is 2.98. The first kappa shape index (κ1) is 28.0. The Morgan fingerprint density at radius 2 is 1.07 bits per heavy atom. The average Bonchev–Trinajstić information content (AvgIpc) is 3.84. The van der Waals surface area contributed by atoms with E-state index in [0.717, 1.165) is 16.5 Å². The van der Waals surface area contributed by atoms with Crippen molar-refractivity contribution in [3.63, 3.8) is 0 Å². The molecule has 10 heterocycles. The number of hydrogen-bond acceptors (Lipinski definition) is 0. The first-order valence-electron chi connectivity index (χ1n) is 18.3. The van der Waals surface area contributed by atoms with Crippen molar-refractivity contribution in [1.82, 2.24) is 0 Å². The molecule has 0 radical (unpaired) electrons. The van der Waals surface area contributed by atoms with E-state index in [1.54, 1.807) is 34.1 Å². The number of benzene rings is 2. The monoisotopic (exact) mass is 714 g/mol. The van der Waals surface area contributed by atoms with Gasteiger partial charge in [-0.2, -0.15) is 0 Å². The molecule has 246 valence electrons. The molecule has 0 aromatic heterocycles. The molecule has 1 spiro atoms. The molecule has 5 atom stereocenters. The van der Waals surface area contributed by atoms with Gasteiger partial charge in [-0.05, 0) is 0 Å². The van der Waals surface area contributed by atoms with E-state index >= 15 is 0 Å². The predicted molar refractivity (Wildman–Crippen MR) is 205 cm³/mol. The van der Waals surface area contributed by atoms with Crippen LogP contribution in [0.2, 0.25) is 84.7 Å². The molecular formula is C40H60FeP2Si2.